The number of aliphatic hydroxyl groups is 3. The molecule has 100 valence electrons. The van der Waals surface area contributed by atoms with Crippen LogP contribution in [0.4, 0.5) is 0 Å². The lowest BCUT2D eigenvalue weighted by atomic mass is 10.0. The smallest absolute Gasteiger partial charge is 0.306 e. The van der Waals surface area contributed by atoms with Gasteiger partial charge < -0.3 is 24.8 Å². The Morgan fingerprint density at radius 3 is 2.82 bits per heavy atom. The Morgan fingerprint density at radius 1 is 1.53 bits per heavy atom. The van der Waals surface area contributed by atoms with Gasteiger partial charge in [-0.3, -0.25) is 4.79 Å². The summed E-state index contributed by atoms with van der Waals surface area (Å²) < 4.78 is 9.88. The Bertz CT molecular complexity index is 249. The van der Waals surface area contributed by atoms with Gasteiger partial charge in [0.15, 0.2) is 0 Å². The van der Waals surface area contributed by atoms with Crippen LogP contribution in [0.25, 0.3) is 0 Å². The van der Waals surface area contributed by atoms with E-state index in [1.807, 2.05) is 0 Å². The number of methoxy groups -OCH3 is 1. The summed E-state index contributed by atoms with van der Waals surface area (Å²) >= 11 is 1.36. The average Bonchev–Trinajstić information content (AvgIpc) is 2.33. The molecule has 0 amide bonds. The molecule has 1 rings (SSSR count). The van der Waals surface area contributed by atoms with Gasteiger partial charge in [0.1, 0.15) is 17.6 Å². The first-order chi connectivity index (χ1) is 8.08. The van der Waals surface area contributed by atoms with E-state index in [1.165, 1.54) is 18.9 Å². The number of hydrogen-bond acceptors (Lipinski definition) is 7. The highest BCUT2D eigenvalue weighted by Crippen LogP contribution is 2.28. The van der Waals surface area contributed by atoms with Gasteiger partial charge in [-0.15, -0.1) is 11.8 Å². The van der Waals surface area contributed by atoms with Crippen LogP contribution in [-0.4, -0.2) is 64.5 Å². The van der Waals surface area contributed by atoms with E-state index in [9.17, 15) is 15.0 Å². The van der Waals surface area contributed by atoms with Gasteiger partial charge in [0.2, 0.25) is 0 Å². The van der Waals surface area contributed by atoms with E-state index < -0.39 is 18.3 Å². The van der Waals surface area contributed by atoms with E-state index in [0.29, 0.717) is 5.75 Å². The zero-order valence-corrected chi connectivity index (χ0v) is 10.4. The molecule has 17 heavy (non-hydrogen) atoms. The van der Waals surface area contributed by atoms with E-state index in [0.717, 1.165) is 0 Å². The van der Waals surface area contributed by atoms with Gasteiger partial charge in [-0.05, 0) is 0 Å². The number of carbonyl (C=O) groups is 1. The molecule has 0 radical (unpaired) electrons. The molecule has 0 aromatic rings. The topological polar surface area (TPSA) is 96.2 Å². The summed E-state index contributed by atoms with van der Waals surface area (Å²) in [6, 6.07) is 0. The maximum atomic E-state index is 10.9. The van der Waals surface area contributed by atoms with Gasteiger partial charge in [0, 0.05) is 12.2 Å². The molecule has 4 atom stereocenters. The van der Waals surface area contributed by atoms with Crippen LogP contribution >= 0.6 is 11.8 Å². The molecule has 3 N–H and O–H groups in total. The van der Waals surface area contributed by atoms with Crippen molar-refractivity contribution in [2.75, 3.05) is 19.5 Å². The third-order valence-electron chi connectivity index (χ3n) is 2.55. The van der Waals surface area contributed by atoms with Crippen molar-refractivity contribution in [3.05, 3.63) is 0 Å². The molecule has 7 heteroatoms. The second kappa shape index (κ2) is 7.17. The fourth-order valence-electron chi connectivity index (χ4n) is 1.55. The minimum absolute atomic E-state index is 0.267. The van der Waals surface area contributed by atoms with Gasteiger partial charge in [0.25, 0.3) is 0 Å². The molecule has 1 fully saturated rings. The maximum absolute atomic E-state index is 10.9. The molecule has 4 unspecified atom stereocenters. The summed E-state index contributed by atoms with van der Waals surface area (Å²) in [4.78, 5) is 10.9. The van der Waals surface area contributed by atoms with E-state index >= 15 is 0 Å². The fraction of sp³-hybridized carbons (Fsp3) is 0.900. The monoisotopic (exact) mass is 266 g/mol. The second-order valence-electron chi connectivity index (χ2n) is 3.78. The van der Waals surface area contributed by atoms with Crippen LogP contribution in [0.1, 0.15) is 12.8 Å². The van der Waals surface area contributed by atoms with E-state index in [2.05, 4.69) is 4.74 Å². The summed E-state index contributed by atoms with van der Waals surface area (Å²) in [5.74, 6) is 0.214. The first-order valence-corrected chi connectivity index (χ1v) is 6.44. The lowest BCUT2D eigenvalue weighted by molar-refractivity contribution is -0.157. The maximum Gasteiger partial charge on any atom is 0.306 e. The van der Waals surface area contributed by atoms with Crippen molar-refractivity contribution in [3.63, 3.8) is 0 Å². The van der Waals surface area contributed by atoms with Crippen molar-refractivity contribution in [1.29, 1.82) is 0 Å². The SMILES string of the molecule is COC(=O)CCSC1CC(O)C(O)C(CO)O1. The Balaban J connectivity index is 2.32. The van der Waals surface area contributed by atoms with Gasteiger partial charge in [-0.1, -0.05) is 0 Å². The summed E-state index contributed by atoms with van der Waals surface area (Å²) in [6.07, 6.45) is -2.18. The van der Waals surface area contributed by atoms with Crippen molar-refractivity contribution in [2.45, 2.75) is 36.6 Å². The molecule has 6 nitrogen and oxygen atoms in total. The number of hydrogen-bond donors (Lipinski definition) is 3. The number of esters is 1. The highest BCUT2D eigenvalue weighted by atomic mass is 32.2. The molecular formula is C10H18O6S. The Morgan fingerprint density at radius 2 is 2.24 bits per heavy atom. The number of aliphatic hydroxyl groups excluding tert-OH is 3. The molecular weight excluding hydrogens is 248 g/mol. The molecule has 1 aliphatic heterocycles. The first-order valence-electron chi connectivity index (χ1n) is 5.39. The molecule has 0 aromatic carbocycles. The van der Waals surface area contributed by atoms with Crippen LogP contribution in [0.15, 0.2) is 0 Å². The fourth-order valence-corrected chi connectivity index (χ4v) is 2.65. The molecule has 1 saturated heterocycles. The number of carbonyl (C=O) groups excluding carboxylic acids is 1. The third-order valence-corrected chi connectivity index (χ3v) is 3.67. The van der Waals surface area contributed by atoms with Crippen molar-refractivity contribution in [1.82, 2.24) is 0 Å². The Hall–Kier alpha value is -0.340. The molecule has 0 bridgehead atoms. The van der Waals surface area contributed by atoms with E-state index in [4.69, 9.17) is 9.84 Å². The molecule has 0 aliphatic carbocycles. The van der Waals surface area contributed by atoms with Crippen molar-refractivity contribution in [2.24, 2.45) is 0 Å². The first kappa shape index (κ1) is 14.7. The summed E-state index contributed by atoms with van der Waals surface area (Å²) in [5, 5.41) is 28.0. The highest BCUT2D eigenvalue weighted by Gasteiger charge is 2.36. The van der Waals surface area contributed by atoms with Gasteiger partial charge >= 0.3 is 5.97 Å². The number of ether oxygens (including phenoxy) is 2. The predicted octanol–water partition coefficient (Wildman–Crippen LogP) is -0.888. The number of rotatable bonds is 5. The molecule has 1 heterocycles. The van der Waals surface area contributed by atoms with Crippen LogP contribution in [-0.2, 0) is 14.3 Å². The molecule has 0 saturated carbocycles. The Kier molecular flexibility index (Phi) is 6.21. The largest absolute Gasteiger partial charge is 0.469 e. The summed E-state index contributed by atoms with van der Waals surface area (Å²) in [6.45, 7) is -0.341. The molecule has 1 aliphatic rings. The molecule has 0 aromatic heterocycles. The summed E-state index contributed by atoms with van der Waals surface area (Å²) in [5.41, 5.74) is -0.324. The minimum Gasteiger partial charge on any atom is -0.469 e. The zero-order valence-electron chi connectivity index (χ0n) is 9.61. The van der Waals surface area contributed by atoms with Gasteiger partial charge in [-0.25, -0.2) is 0 Å². The van der Waals surface area contributed by atoms with Crippen LogP contribution < -0.4 is 0 Å². The third kappa shape index (κ3) is 4.44. The lowest BCUT2D eigenvalue weighted by Crippen LogP contribution is -2.49. The normalized spacial score (nSPS) is 33.4. The van der Waals surface area contributed by atoms with Crippen LogP contribution in [0.5, 0.6) is 0 Å². The second-order valence-corrected chi connectivity index (χ2v) is 5.04. The van der Waals surface area contributed by atoms with Crippen LogP contribution in [0.2, 0.25) is 0 Å². The quantitative estimate of drug-likeness (QED) is 0.556. The lowest BCUT2D eigenvalue weighted by Gasteiger charge is -2.35. The van der Waals surface area contributed by atoms with Gasteiger partial charge in [-0.2, -0.15) is 0 Å². The standard InChI is InChI=1S/C10H18O6S/c1-15-8(13)2-3-17-9-4-6(12)10(14)7(5-11)16-9/h6-7,9-12,14H,2-5H2,1H3. The predicted molar refractivity (Wildman–Crippen MR) is 61.5 cm³/mol. The highest BCUT2D eigenvalue weighted by molar-refractivity contribution is 7.99. The van der Waals surface area contributed by atoms with E-state index in [1.54, 1.807) is 0 Å². The van der Waals surface area contributed by atoms with Crippen molar-refractivity contribution in [3.8, 4) is 0 Å². The number of thioether (sulfide) groups is 1. The zero-order chi connectivity index (χ0) is 12.8. The Labute approximate surface area is 104 Å². The van der Waals surface area contributed by atoms with Crippen LogP contribution in [0, 0.1) is 0 Å². The van der Waals surface area contributed by atoms with E-state index in [-0.39, 0.29) is 30.9 Å². The van der Waals surface area contributed by atoms with Crippen molar-refractivity contribution >= 4 is 17.7 Å². The van der Waals surface area contributed by atoms with Crippen molar-refractivity contribution < 1.29 is 29.6 Å². The minimum atomic E-state index is -1.06. The summed E-state index contributed by atoms with van der Waals surface area (Å²) in [7, 11) is 1.33. The van der Waals surface area contributed by atoms with Gasteiger partial charge in [0.05, 0.1) is 26.2 Å². The average molecular weight is 266 g/mol. The van der Waals surface area contributed by atoms with Crippen LogP contribution in [0.3, 0.4) is 0 Å². The molecule has 0 spiro atoms.